The van der Waals surface area contributed by atoms with E-state index < -0.39 is 6.04 Å². The average Bonchev–Trinajstić information content (AvgIpc) is 2.35. The van der Waals surface area contributed by atoms with Gasteiger partial charge in [0.25, 0.3) is 5.91 Å². The van der Waals surface area contributed by atoms with Gasteiger partial charge in [-0.05, 0) is 31.3 Å². The monoisotopic (exact) mass is 277 g/mol. The summed E-state index contributed by atoms with van der Waals surface area (Å²) in [5.41, 5.74) is 2.17. The Morgan fingerprint density at radius 3 is 2.89 bits per heavy atom. The van der Waals surface area contributed by atoms with Crippen LogP contribution in [0, 0.1) is 5.82 Å². The lowest BCUT2D eigenvalue weighted by Gasteiger charge is -2.38. The van der Waals surface area contributed by atoms with Gasteiger partial charge in [0.2, 0.25) is 0 Å². The minimum atomic E-state index is -0.520. The number of thiocarbonyl (C=S) groups is 1. The van der Waals surface area contributed by atoms with Crippen molar-refractivity contribution in [2.24, 2.45) is 0 Å². The molecule has 2 N–H and O–H groups in total. The highest BCUT2D eigenvalue weighted by Gasteiger charge is 2.38. The van der Waals surface area contributed by atoms with Crippen molar-refractivity contribution in [1.82, 2.24) is 10.2 Å². The van der Waals surface area contributed by atoms with Crippen LogP contribution in [-0.2, 0) is 4.79 Å². The van der Waals surface area contributed by atoms with Crippen molar-refractivity contribution < 1.29 is 9.18 Å². The number of carbonyl (C=O) groups excluding carboxylic acids is 1. The van der Waals surface area contributed by atoms with Crippen LogP contribution in [0.3, 0.4) is 0 Å². The first-order valence-corrected chi connectivity index (χ1v) is 6.26. The Labute approximate surface area is 115 Å². The maximum absolute atomic E-state index is 14.0. The number of amides is 1. The van der Waals surface area contributed by atoms with Crippen LogP contribution in [0.5, 0.6) is 0 Å². The Morgan fingerprint density at radius 2 is 2.16 bits per heavy atom. The van der Waals surface area contributed by atoms with Gasteiger partial charge in [0, 0.05) is 24.0 Å². The van der Waals surface area contributed by atoms with Gasteiger partial charge < -0.3 is 15.5 Å². The molecule has 4 nitrogen and oxygen atoms in total. The van der Waals surface area contributed by atoms with Crippen LogP contribution in [0.15, 0.2) is 29.5 Å². The molecule has 6 heteroatoms. The highest BCUT2D eigenvalue weighted by Crippen LogP contribution is 2.39. The van der Waals surface area contributed by atoms with Crippen LogP contribution < -0.4 is 10.6 Å². The molecule has 19 heavy (non-hydrogen) atoms. The molecule has 98 valence electrons. The molecule has 1 aromatic carbocycles. The number of halogens is 1. The zero-order chi connectivity index (χ0) is 13.7. The van der Waals surface area contributed by atoms with E-state index in [2.05, 4.69) is 10.6 Å². The number of rotatable bonds is 0. The molecule has 0 bridgehead atoms. The van der Waals surface area contributed by atoms with Crippen LogP contribution in [0.1, 0.15) is 18.5 Å². The number of hydrogen-bond donors (Lipinski definition) is 2. The van der Waals surface area contributed by atoms with Crippen LogP contribution in [0.25, 0.3) is 0 Å². The quantitative estimate of drug-likeness (QED) is 0.711. The Balaban J connectivity index is 2.26. The number of nitrogens with one attached hydrogen (secondary N) is 2. The Kier molecular flexibility index (Phi) is 2.56. The standard InChI is InChI=1S/C13H12FN3OS/c1-6-9-11(16-13(19)17(6)2)10-7(14)4-3-5-8(10)15-12(9)18/h3-5,11H,1-2H3,(H,15,18)(H,16,19). The van der Waals surface area contributed by atoms with Gasteiger partial charge in [-0.15, -0.1) is 0 Å². The van der Waals surface area contributed by atoms with Crippen molar-refractivity contribution in [3.63, 3.8) is 0 Å². The number of anilines is 1. The third-order valence-corrected chi connectivity index (χ3v) is 3.98. The topological polar surface area (TPSA) is 44.4 Å². The zero-order valence-electron chi connectivity index (χ0n) is 10.5. The number of hydrogen-bond acceptors (Lipinski definition) is 2. The minimum absolute atomic E-state index is 0.220. The molecule has 0 fully saturated rings. The van der Waals surface area contributed by atoms with Gasteiger partial charge in [0.15, 0.2) is 5.11 Å². The Bertz CT molecular complexity index is 641. The normalized spacial score (nSPS) is 21.6. The first kappa shape index (κ1) is 12.1. The minimum Gasteiger partial charge on any atom is -0.351 e. The SMILES string of the molecule is CC1=C2C(=O)Nc3cccc(F)c3C2NC(=S)N1C. The molecule has 1 unspecified atom stereocenters. The van der Waals surface area contributed by atoms with E-state index in [1.165, 1.54) is 6.07 Å². The van der Waals surface area contributed by atoms with Crippen LogP contribution in [0.4, 0.5) is 10.1 Å². The number of allylic oxidation sites excluding steroid dienone is 1. The molecule has 2 heterocycles. The molecule has 0 radical (unpaired) electrons. The first-order chi connectivity index (χ1) is 9.00. The van der Waals surface area contributed by atoms with Gasteiger partial charge in [-0.2, -0.15) is 0 Å². The summed E-state index contributed by atoms with van der Waals surface area (Å²) >= 11 is 5.21. The highest BCUT2D eigenvalue weighted by atomic mass is 32.1. The van der Waals surface area contributed by atoms with Crippen molar-refractivity contribution in [3.8, 4) is 0 Å². The smallest absolute Gasteiger partial charge is 0.255 e. The zero-order valence-corrected chi connectivity index (χ0v) is 11.3. The average molecular weight is 277 g/mol. The molecule has 0 aromatic heterocycles. The number of fused-ring (bicyclic) bond motifs is 3. The molecule has 0 saturated heterocycles. The summed E-state index contributed by atoms with van der Waals surface area (Å²) in [6.45, 7) is 1.81. The summed E-state index contributed by atoms with van der Waals surface area (Å²) in [6.07, 6.45) is 0. The maximum atomic E-state index is 14.0. The van der Waals surface area contributed by atoms with Gasteiger partial charge >= 0.3 is 0 Å². The lowest BCUT2D eigenvalue weighted by Crippen LogP contribution is -2.48. The molecule has 2 aliphatic heterocycles. The number of benzene rings is 1. The van der Waals surface area contributed by atoms with E-state index in [-0.39, 0.29) is 11.7 Å². The van der Waals surface area contributed by atoms with E-state index >= 15 is 0 Å². The molecular weight excluding hydrogens is 265 g/mol. The summed E-state index contributed by atoms with van der Waals surface area (Å²) in [6, 6.07) is 4.12. The number of nitrogens with zero attached hydrogens (tertiary/aromatic N) is 1. The summed E-state index contributed by atoms with van der Waals surface area (Å²) in [5.74, 6) is -0.574. The predicted octanol–water partition coefficient (Wildman–Crippen LogP) is 1.91. The van der Waals surface area contributed by atoms with Crippen molar-refractivity contribution >= 4 is 28.9 Å². The largest absolute Gasteiger partial charge is 0.351 e. The molecule has 0 saturated carbocycles. The molecule has 1 atom stereocenters. The van der Waals surface area contributed by atoms with Gasteiger partial charge in [-0.3, -0.25) is 4.79 Å². The van der Waals surface area contributed by atoms with Crippen molar-refractivity contribution in [1.29, 1.82) is 0 Å². The van der Waals surface area contributed by atoms with Crippen LogP contribution in [0.2, 0.25) is 0 Å². The van der Waals surface area contributed by atoms with Crippen LogP contribution in [-0.4, -0.2) is 23.0 Å². The van der Waals surface area contributed by atoms with Crippen molar-refractivity contribution in [2.75, 3.05) is 12.4 Å². The van der Waals surface area contributed by atoms with E-state index in [1.807, 2.05) is 0 Å². The van der Waals surface area contributed by atoms with Crippen molar-refractivity contribution in [2.45, 2.75) is 13.0 Å². The van der Waals surface area contributed by atoms with E-state index in [9.17, 15) is 9.18 Å². The van der Waals surface area contributed by atoms with Gasteiger partial charge in [-0.25, -0.2) is 4.39 Å². The van der Waals surface area contributed by atoms with E-state index in [4.69, 9.17) is 12.2 Å². The van der Waals surface area contributed by atoms with Gasteiger partial charge in [0.1, 0.15) is 5.82 Å². The molecule has 1 amide bonds. The third-order valence-electron chi connectivity index (χ3n) is 3.59. The summed E-state index contributed by atoms with van der Waals surface area (Å²) in [7, 11) is 1.78. The molecule has 3 rings (SSSR count). The second-order valence-corrected chi connectivity index (χ2v) is 4.98. The lowest BCUT2D eigenvalue weighted by molar-refractivity contribution is -0.113. The van der Waals surface area contributed by atoms with Crippen molar-refractivity contribution in [3.05, 3.63) is 40.8 Å². The Morgan fingerprint density at radius 1 is 1.42 bits per heavy atom. The molecular formula is C13H12FN3OS. The molecule has 1 aromatic rings. The summed E-state index contributed by atoms with van der Waals surface area (Å²) in [5, 5.41) is 6.23. The second-order valence-electron chi connectivity index (χ2n) is 4.60. The molecule has 0 aliphatic carbocycles. The predicted molar refractivity (Wildman–Crippen MR) is 74.0 cm³/mol. The first-order valence-electron chi connectivity index (χ1n) is 5.85. The maximum Gasteiger partial charge on any atom is 0.255 e. The van der Waals surface area contributed by atoms with E-state index in [0.717, 1.165) is 5.70 Å². The summed E-state index contributed by atoms with van der Waals surface area (Å²) < 4.78 is 14.0. The number of carbonyl (C=O) groups is 1. The third kappa shape index (κ3) is 1.63. The van der Waals surface area contributed by atoms with Gasteiger partial charge in [-0.1, -0.05) is 6.07 Å². The molecule has 2 aliphatic rings. The second kappa shape index (κ2) is 4.03. The fourth-order valence-electron chi connectivity index (χ4n) is 2.48. The molecule has 0 spiro atoms. The van der Waals surface area contributed by atoms with E-state index in [1.54, 1.807) is 31.0 Å². The fraction of sp³-hybridized carbons (Fsp3) is 0.231. The fourth-order valence-corrected chi connectivity index (χ4v) is 2.73. The van der Waals surface area contributed by atoms with E-state index in [0.29, 0.717) is 21.9 Å². The summed E-state index contributed by atoms with van der Waals surface area (Å²) in [4.78, 5) is 13.9. The Hall–Kier alpha value is -1.95. The van der Waals surface area contributed by atoms with Crippen LogP contribution >= 0.6 is 12.2 Å². The highest BCUT2D eigenvalue weighted by molar-refractivity contribution is 7.80. The van der Waals surface area contributed by atoms with Gasteiger partial charge in [0.05, 0.1) is 11.6 Å². The lowest BCUT2D eigenvalue weighted by atomic mass is 9.89.